The number of rotatable bonds is 6. The number of aryl methyl sites for hydroxylation is 1. The van der Waals surface area contributed by atoms with Gasteiger partial charge in [-0.25, -0.2) is 0 Å². The van der Waals surface area contributed by atoms with Gasteiger partial charge in [0.1, 0.15) is 5.75 Å². The Labute approximate surface area is 260 Å². The van der Waals surface area contributed by atoms with E-state index in [1.54, 1.807) is 65.4 Å². The molecule has 0 aliphatic carbocycles. The Balaban J connectivity index is 1.42. The van der Waals surface area contributed by atoms with E-state index in [2.05, 4.69) is 11.2 Å². The van der Waals surface area contributed by atoms with Crippen LogP contribution in [0.25, 0.3) is 11.3 Å². The lowest BCUT2D eigenvalue weighted by molar-refractivity contribution is 0.0648. The number of nitrogens with two attached hydrogens (primary N) is 1. The number of amides is 2. The maximum atomic E-state index is 14.3. The molecule has 0 unspecified atom stereocenters. The summed E-state index contributed by atoms with van der Waals surface area (Å²) in [6.45, 7) is 2.67. The van der Waals surface area contributed by atoms with Gasteiger partial charge in [0.05, 0.1) is 17.4 Å². The zero-order valence-electron chi connectivity index (χ0n) is 24.7. The first-order valence-electron chi connectivity index (χ1n) is 14.3. The number of carbonyl (C=O) groups is 2. The Kier molecular flexibility index (Phi) is 7.75. The molecule has 0 spiro atoms. The van der Waals surface area contributed by atoms with Crippen LogP contribution in [-0.4, -0.2) is 48.8 Å². The summed E-state index contributed by atoms with van der Waals surface area (Å²) in [5.41, 5.74) is 12.6. The summed E-state index contributed by atoms with van der Waals surface area (Å²) in [5.74, 6) is -0.332. The van der Waals surface area contributed by atoms with Crippen LogP contribution in [0.15, 0.2) is 85.2 Å². The van der Waals surface area contributed by atoms with E-state index in [0.29, 0.717) is 64.0 Å². The molecule has 0 radical (unpaired) electrons. The molecule has 1 aliphatic heterocycles. The topological polar surface area (TPSA) is 110 Å². The quantitative estimate of drug-likeness (QED) is 0.261. The van der Waals surface area contributed by atoms with Crippen molar-refractivity contribution >= 4 is 34.8 Å². The van der Waals surface area contributed by atoms with E-state index < -0.39 is 0 Å². The summed E-state index contributed by atoms with van der Waals surface area (Å²) in [6.07, 6.45) is 4.05. The van der Waals surface area contributed by atoms with Gasteiger partial charge in [0.25, 0.3) is 11.8 Å². The van der Waals surface area contributed by atoms with Crippen LogP contribution in [0.4, 0.5) is 11.4 Å². The summed E-state index contributed by atoms with van der Waals surface area (Å²) < 4.78 is 3.52. The number of halogens is 1. The first kappa shape index (κ1) is 29.2. The molecule has 0 bridgehead atoms. The first-order chi connectivity index (χ1) is 21.2. The number of aromatic hydroxyl groups is 1. The maximum Gasteiger partial charge on any atom is 0.264 e. The molecular formula is C34H33ClN6O3. The molecule has 0 saturated carbocycles. The molecule has 1 aliphatic rings. The molecule has 0 fully saturated rings. The van der Waals surface area contributed by atoms with Crippen LogP contribution in [0.5, 0.6) is 5.75 Å². The summed E-state index contributed by atoms with van der Waals surface area (Å²) in [6, 6.07) is 21.4. The summed E-state index contributed by atoms with van der Waals surface area (Å²) >= 11 is 6.51. The highest BCUT2D eigenvalue weighted by Gasteiger charge is 2.32. The van der Waals surface area contributed by atoms with E-state index in [0.717, 1.165) is 5.56 Å². The van der Waals surface area contributed by atoms with E-state index in [9.17, 15) is 14.7 Å². The van der Waals surface area contributed by atoms with E-state index in [-0.39, 0.29) is 23.6 Å². The normalized spacial score (nSPS) is 14.4. The number of phenolic OH excluding ortho intramolecular Hbond substituents is 1. The van der Waals surface area contributed by atoms with Crippen molar-refractivity contribution in [2.45, 2.75) is 25.9 Å². The van der Waals surface area contributed by atoms with Gasteiger partial charge >= 0.3 is 0 Å². The fraction of sp³-hybridized carbons (Fsp3) is 0.206. The first-order valence-corrected chi connectivity index (χ1v) is 14.7. The molecule has 2 amide bonds. The standard InChI is InChI=1S/C34H33ClN6O3/c1-21-30(34(44)41(27-18-37-38(2)20-27)25-9-11-28(42)12-10-25)16-32(39(21)3)31-15-24(35)8-13-29(31)33(43)40-19-23-7-5-4-6-22(23)14-26(40)17-36/h4-13,15-16,18,20,26,42H,14,17,19,36H2,1-3H3/t26-/m0/s1. The lowest BCUT2D eigenvalue weighted by atomic mass is 9.92. The number of carbonyl (C=O) groups excluding carboxylic acids is 2. The molecule has 9 nitrogen and oxygen atoms in total. The van der Waals surface area contributed by atoms with Crippen molar-refractivity contribution in [3.05, 3.63) is 118 Å². The van der Waals surface area contributed by atoms with E-state index in [1.165, 1.54) is 17.7 Å². The predicted octanol–water partition coefficient (Wildman–Crippen LogP) is 5.60. The molecule has 6 rings (SSSR count). The van der Waals surface area contributed by atoms with E-state index >= 15 is 0 Å². The minimum absolute atomic E-state index is 0.0951. The Morgan fingerprint density at radius 1 is 1.00 bits per heavy atom. The maximum absolute atomic E-state index is 14.3. The van der Waals surface area contributed by atoms with Crippen molar-refractivity contribution in [3.63, 3.8) is 0 Å². The third-order valence-corrected chi connectivity index (χ3v) is 8.64. The molecule has 44 heavy (non-hydrogen) atoms. The van der Waals surface area contributed by atoms with Crippen LogP contribution < -0.4 is 10.6 Å². The van der Waals surface area contributed by atoms with Crippen LogP contribution in [0.1, 0.15) is 37.5 Å². The van der Waals surface area contributed by atoms with Crippen LogP contribution in [0.3, 0.4) is 0 Å². The molecule has 3 aromatic carbocycles. The van der Waals surface area contributed by atoms with Crippen molar-refractivity contribution in [1.82, 2.24) is 19.2 Å². The van der Waals surface area contributed by atoms with Crippen molar-refractivity contribution in [3.8, 4) is 17.0 Å². The smallest absolute Gasteiger partial charge is 0.264 e. The predicted molar refractivity (Wildman–Crippen MR) is 171 cm³/mol. The van der Waals surface area contributed by atoms with Crippen molar-refractivity contribution in [2.24, 2.45) is 19.8 Å². The average Bonchev–Trinajstić information content (AvgIpc) is 3.58. The van der Waals surface area contributed by atoms with Crippen LogP contribution >= 0.6 is 11.6 Å². The monoisotopic (exact) mass is 608 g/mol. The zero-order chi connectivity index (χ0) is 31.1. The molecule has 10 heteroatoms. The van der Waals surface area contributed by atoms with Gasteiger partial charge in [-0.05, 0) is 73.0 Å². The number of anilines is 2. The van der Waals surface area contributed by atoms with Gasteiger partial charge in [-0.1, -0.05) is 35.9 Å². The number of phenols is 1. The highest BCUT2D eigenvalue weighted by atomic mass is 35.5. The number of benzene rings is 3. The molecule has 0 saturated heterocycles. The third-order valence-electron chi connectivity index (χ3n) is 8.40. The van der Waals surface area contributed by atoms with Crippen molar-refractivity contribution < 1.29 is 14.7 Å². The zero-order valence-corrected chi connectivity index (χ0v) is 25.5. The van der Waals surface area contributed by atoms with Gasteiger partial charge in [0, 0.05) is 72.6 Å². The van der Waals surface area contributed by atoms with E-state index in [4.69, 9.17) is 17.3 Å². The van der Waals surface area contributed by atoms with Gasteiger partial charge in [-0.3, -0.25) is 19.2 Å². The highest BCUT2D eigenvalue weighted by molar-refractivity contribution is 6.31. The lowest BCUT2D eigenvalue weighted by Crippen LogP contribution is -2.48. The molecular weight excluding hydrogens is 576 g/mol. The number of aromatic nitrogens is 3. The van der Waals surface area contributed by atoms with Gasteiger partial charge in [-0.2, -0.15) is 5.10 Å². The van der Waals surface area contributed by atoms with Crippen molar-refractivity contribution in [1.29, 1.82) is 0 Å². The van der Waals surface area contributed by atoms with Crippen LogP contribution in [-0.2, 0) is 27.1 Å². The second-order valence-corrected chi connectivity index (χ2v) is 11.5. The third kappa shape index (κ3) is 5.25. The lowest BCUT2D eigenvalue weighted by Gasteiger charge is -2.36. The highest BCUT2D eigenvalue weighted by Crippen LogP contribution is 2.35. The second kappa shape index (κ2) is 11.7. The van der Waals surface area contributed by atoms with Gasteiger partial charge in [0.15, 0.2) is 0 Å². The number of fused-ring (bicyclic) bond motifs is 1. The molecule has 5 aromatic rings. The van der Waals surface area contributed by atoms with E-state index in [1.807, 2.05) is 41.6 Å². The Hall–Kier alpha value is -4.86. The van der Waals surface area contributed by atoms with Crippen molar-refractivity contribution in [2.75, 3.05) is 11.4 Å². The van der Waals surface area contributed by atoms with Crippen LogP contribution in [0, 0.1) is 6.92 Å². The largest absolute Gasteiger partial charge is 0.508 e. The van der Waals surface area contributed by atoms with Crippen LogP contribution in [0.2, 0.25) is 5.02 Å². The fourth-order valence-electron chi connectivity index (χ4n) is 5.91. The van der Waals surface area contributed by atoms with Gasteiger partial charge < -0.3 is 20.3 Å². The molecule has 3 heterocycles. The SMILES string of the molecule is Cc1c(C(=O)N(c2ccc(O)cc2)c2cnn(C)c2)cc(-c2cc(Cl)ccc2C(=O)N2Cc3ccccc3C[C@H]2CN)n1C. The molecule has 3 N–H and O–H groups in total. The Morgan fingerprint density at radius 2 is 1.73 bits per heavy atom. The molecule has 1 atom stereocenters. The number of nitrogens with zero attached hydrogens (tertiary/aromatic N) is 5. The number of hydrogen-bond donors (Lipinski definition) is 2. The Morgan fingerprint density at radius 3 is 2.41 bits per heavy atom. The number of hydrogen-bond acceptors (Lipinski definition) is 5. The van der Waals surface area contributed by atoms with Gasteiger partial charge in [0.2, 0.25) is 0 Å². The summed E-state index contributed by atoms with van der Waals surface area (Å²) in [4.78, 5) is 31.9. The fourth-order valence-corrected chi connectivity index (χ4v) is 6.08. The molecule has 2 aromatic heterocycles. The van der Waals surface area contributed by atoms with Gasteiger partial charge in [-0.15, -0.1) is 0 Å². The minimum atomic E-state index is -0.284. The Bertz CT molecular complexity index is 1880. The average molecular weight is 609 g/mol. The summed E-state index contributed by atoms with van der Waals surface area (Å²) in [5, 5.41) is 14.6. The second-order valence-electron chi connectivity index (χ2n) is 11.1. The summed E-state index contributed by atoms with van der Waals surface area (Å²) in [7, 11) is 3.65. The minimum Gasteiger partial charge on any atom is -0.508 e. The molecule has 224 valence electrons.